The van der Waals surface area contributed by atoms with Gasteiger partial charge in [-0.2, -0.15) is 0 Å². The maximum Gasteiger partial charge on any atom is 0.242 e. The average Bonchev–Trinajstić information content (AvgIpc) is 3.05. The van der Waals surface area contributed by atoms with Crippen molar-refractivity contribution in [1.29, 1.82) is 5.41 Å². The van der Waals surface area contributed by atoms with E-state index in [0.717, 1.165) is 6.42 Å². The first-order valence-electron chi connectivity index (χ1n) is 9.55. The SMILES string of the molecule is C.C.CC.CC.CNC(=O)C1CC(C)CN1C(=O)C1CCN(C(=N)N)CC1. The van der Waals surface area contributed by atoms with Gasteiger partial charge in [0, 0.05) is 32.6 Å². The van der Waals surface area contributed by atoms with Crippen LogP contribution in [0.15, 0.2) is 0 Å². The van der Waals surface area contributed by atoms with E-state index in [2.05, 4.69) is 12.2 Å². The molecule has 2 saturated heterocycles. The van der Waals surface area contributed by atoms with Crippen molar-refractivity contribution in [3.05, 3.63) is 0 Å². The van der Waals surface area contributed by atoms with E-state index in [0.29, 0.717) is 38.4 Å². The van der Waals surface area contributed by atoms with Crippen LogP contribution < -0.4 is 11.1 Å². The highest BCUT2D eigenvalue weighted by Crippen LogP contribution is 2.28. The zero-order chi connectivity index (χ0) is 19.6. The van der Waals surface area contributed by atoms with Gasteiger partial charge >= 0.3 is 0 Å². The molecular formula is C20H45N5O2. The fourth-order valence-electron chi connectivity index (χ4n) is 3.31. The molecule has 2 fully saturated rings. The summed E-state index contributed by atoms with van der Waals surface area (Å²) in [4.78, 5) is 28.2. The molecule has 2 aliphatic rings. The molecule has 2 atom stereocenters. The van der Waals surface area contributed by atoms with Crippen molar-refractivity contribution in [2.45, 2.75) is 74.8 Å². The number of hydrogen-bond donors (Lipinski definition) is 3. The third-order valence-corrected chi connectivity index (χ3v) is 4.53. The van der Waals surface area contributed by atoms with E-state index in [9.17, 15) is 9.59 Å². The quantitative estimate of drug-likeness (QED) is 0.501. The van der Waals surface area contributed by atoms with Crippen molar-refractivity contribution in [1.82, 2.24) is 15.1 Å². The smallest absolute Gasteiger partial charge is 0.242 e. The molecule has 2 amide bonds. The van der Waals surface area contributed by atoms with Gasteiger partial charge in [-0.25, -0.2) is 0 Å². The molecule has 2 aliphatic heterocycles. The fourth-order valence-corrected chi connectivity index (χ4v) is 3.31. The minimum Gasteiger partial charge on any atom is -0.370 e. The molecule has 7 heteroatoms. The standard InChI is InChI=1S/C14H25N5O2.2C2H6.2CH4/c1-9-7-11(12(20)17-2)19(8-9)13(21)10-3-5-18(6-4-10)14(15)16;2*1-2;;/h9-11H,3-8H2,1-2H3,(H3,15,16)(H,17,20);2*1-2H3;2*1H4. The van der Waals surface area contributed by atoms with Gasteiger partial charge in [-0.1, -0.05) is 49.5 Å². The summed E-state index contributed by atoms with van der Waals surface area (Å²) in [5.74, 6) is 0.371. The van der Waals surface area contributed by atoms with Crippen LogP contribution in [0.4, 0.5) is 0 Å². The number of likely N-dealkylation sites (tertiary alicyclic amines) is 2. The molecule has 0 aromatic heterocycles. The van der Waals surface area contributed by atoms with Crippen LogP contribution in [0.5, 0.6) is 0 Å². The first kappa shape index (κ1) is 30.0. The summed E-state index contributed by atoms with van der Waals surface area (Å²) in [6.07, 6.45) is 2.13. The number of nitrogens with zero attached hydrogens (tertiary/aromatic N) is 2. The number of nitrogens with one attached hydrogen (secondary N) is 2. The molecule has 7 nitrogen and oxygen atoms in total. The summed E-state index contributed by atoms with van der Waals surface area (Å²) >= 11 is 0. The lowest BCUT2D eigenvalue weighted by Gasteiger charge is -2.34. The van der Waals surface area contributed by atoms with Crippen LogP contribution in [0, 0.1) is 17.2 Å². The predicted octanol–water partition coefficient (Wildman–Crippen LogP) is 2.90. The van der Waals surface area contributed by atoms with E-state index in [1.165, 1.54) is 0 Å². The van der Waals surface area contributed by atoms with Crippen molar-refractivity contribution in [3.63, 3.8) is 0 Å². The van der Waals surface area contributed by atoms with Crippen LogP contribution in [0.25, 0.3) is 0 Å². The third-order valence-electron chi connectivity index (χ3n) is 4.53. The molecule has 0 saturated carbocycles. The summed E-state index contributed by atoms with van der Waals surface area (Å²) < 4.78 is 0. The van der Waals surface area contributed by atoms with E-state index in [4.69, 9.17) is 11.1 Å². The van der Waals surface area contributed by atoms with Crippen LogP contribution in [-0.4, -0.2) is 60.3 Å². The number of piperidine rings is 1. The Balaban J connectivity index is -0.000000899. The first-order valence-corrected chi connectivity index (χ1v) is 9.55. The molecule has 0 bridgehead atoms. The Hall–Kier alpha value is -1.79. The number of amides is 2. The molecule has 0 aromatic rings. The van der Waals surface area contributed by atoms with Gasteiger partial charge in [0.15, 0.2) is 5.96 Å². The minimum absolute atomic E-state index is 0. The number of carbonyl (C=O) groups excluding carboxylic acids is 2. The molecular weight excluding hydrogens is 342 g/mol. The topological polar surface area (TPSA) is 103 Å². The molecule has 0 aliphatic carbocycles. The average molecular weight is 388 g/mol. The molecule has 0 spiro atoms. The van der Waals surface area contributed by atoms with Gasteiger partial charge in [-0.3, -0.25) is 15.0 Å². The number of nitrogens with two attached hydrogens (primary N) is 1. The van der Waals surface area contributed by atoms with Crippen LogP contribution in [0.2, 0.25) is 0 Å². The number of guanidine groups is 1. The Kier molecular flexibility index (Phi) is 17.0. The Morgan fingerprint density at radius 2 is 1.56 bits per heavy atom. The highest BCUT2D eigenvalue weighted by Gasteiger charge is 2.40. The second-order valence-corrected chi connectivity index (χ2v) is 6.11. The Morgan fingerprint density at radius 3 is 1.96 bits per heavy atom. The summed E-state index contributed by atoms with van der Waals surface area (Å²) in [6.45, 7) is 12.0. The van der Waals surface area contributed by atoms with E-state index in [1.54, 1.807) is 16.8 Å². The Labute approximate surface area is 167 Å². The number of hydrogen-bond acceptors (Lipinski definition) is 3. The van der Waals surface area contributed by atoms with Gasteiger partial charge in [-0.15, -0.1) is 0 Å². The van der Waals surface area contributed by atoms with E-state index >= 15 is 0 Å². The maximum atomic E-state index is 12.7. The van der Waals surface area contributed by atoms with E-state index in [-0.39, 0.29) is 44.6 Å². The predicted molar refractivity (Wildman–Crippen MR) is 116 cm³/mol. The van der Waals surface area contributed by atoms with Gasteiger partial charge < -0.3 is 20.9 Å². The van der Waals surface area contributed by atoms with Gasteiger partial charge in [-0.05, 0) is 25.2 Å². The zero-order valence-corrected chi connectivity index (χ0v) is 16.8. The monoisotopic (exact) mass is 387 g/mol. The largest absolute Gasteiger partial charge is 0.370 e. The highest BCUT2D eigenvalue weighted by atomic mass is 16.2. The first-order chi connectivity index (χ1) is 11.9. The molecule has 0 aromatic carbocycles. The van der Waals surface area contributed by atoms with Crippen molar-refractivity contribution < 1.29 is 9.59 Å². The van der Waals surface area contributed by atoms with Crippen molar-refractivity contribution in [2.24, 2.45) is 17.6 Å². The van der Waals surface area contributed by atoms with E-state index in [1.807, 2.05) is 27.7 Å². The lowest BCUT2D eigenvalue weighted by molar-refractivity contribution is -0.142. The molecule has 2 rings (SSSR count). The van der Waals surface area contributed by atoms with Crippen LogP contribution in [0.3, 0.4) is 0 Å². The summed E-state index contributed by atoms with van der Waals surface area (Å²) in [7, 11) is 1.61. The summed E-state index contributed by atoms with van der Waals surface area (Å²) in [5.41, 5.74) is 5.47. The maximum absolute atomic E-state index is 12.7. The zero-order valence-electron chi connectivity index (χ0n) is 16.8. The summed E-state index contributed by atoms with van der Waals surface area (Å²) in [5, 5.41) is 10.1. The normalized spacial score (nSPS) is 21.3. The number of carbonyl (C=O) groups is 2. The molecule has 0 radical (unpaired) electrons. The van der Waals surface area contributed by atoms with Gasteiger partial charge in [0.05, 0.1) is 0 Å². The fraction of sp³-hybridized carbons (Fsp3) is 0.850. The van der Waals surface area contributed by atoms with Gasteiger partial charge in [0.1, 0.15) is 6.04 Å². The van der Waals surface area contributed by atoms with Gasteiger partial charge in [0.2, 0.25) is 11.8 Å². The highest BCUT2D eigenvalue weighted by molar-refractivity contribution is 5.89. The third kappa shape index (κ3) is 8.18. The molecule has 27 heavy (non-hydrogen) atoms. The van der Waals surface area contributed by atoms with Crippen molar-refractivity contribution >= 4 is 17.8 Å². The lowest BCUT2D eigenvalue weighted by Crippen LogP contribution is -2.50. The van der Waals surface area contributed by atoms with Gasteiger partial charge in [0.25, 0.3) is 0 Å². The molecule has 2 heterocycles. The lowest BCUT2D eigenvalue weighted by atomic mass is 9.95. The Morgan fingerprint density at radius 1 is 1.07 bits per heavy atom. The minimum atomic E-state index is -0.330. The van der Waals surface area contributed by atoms with Crippen molar-refractivity contribution in [2.75, 3.05) is 26.7 Å². The Bertz CT molecular complexity index is 434. The van der Waals surface area contributed by atoms with Crippen LogP contribution in [-0.2, 0) is 9.59 Å². The molecule has 4 N–H and O–H groups in total. The molecule has 2 unspecified atom stereocenters. The van der Waals surface area contributed by atoms with Crippen LogP contribution >= 0.6 is 0 Å². The number of rotatable bonds is 2. The second kappa shape index (κ2) is 15.3. The molecule has 162 valence electrons. The second-order valence-electron chi connectivity index (χ2n) is 6.11. The van der Waals surface area contributed by atoms with E-state index < -0.39 is 0 Å². The number of likely N-dealkylation sites (N-methyl/N-ethyl adjacent to an activating group) is 1. The van der Waals surface area contributed by atoms with Crippen LogP contribution in [0.1, 0.15) is 68.7 Å². The van der Waals surface area contributed by atoms with Crippen molar-refractivity contribution in [3.8, 4) is 0 Å². The summed E-state index contributed by atoms with van der Waals surface area (Å²) in [6, 6.07) is -0.330.